The molecule has 57 heavy (non-hydrogen) atoms. The van der Waals surface area contributed by atoms with Crippen LogP contribution in [0.5, 0.6) is 0 Å². The number of aliphatic carboxylic acids is 1. The molecule has 11 N–H and O–H groups in total. The van der Waals surface area contributed by atoms with E-state index in [4.69, 9.17) is 11.5 Å². The number of hydrogen-bond acceptors (Lipinski definition) is 10. The maximum atomic E-state index is 13.9. The number of aliphatic imine (C=N–C) groups is 1. The average molecular weight is 797 g/mol. The second-order valence-corrected chi connectivity index (χ2v) is 14.6. The monoisotopic (exact) mass is 796 g/mol. The molecule has 1 aromatic carbocycles. The Bertz CT molecular complexity index is 1740. The molecule has 3 rings (SSSR count). The van der Waals surface area contributed by atoms with E-state index in [1.807, 2.05) is 6.20 Å². The highest BCUT2D eigenvalue weighted by atomic mass is 16.4. The van der Waals surface area contributed by atoms with Crippen molar-refractivity contribution in [3.63, 3.8) is 0 Å². The summed E-state index contributed by atoms with van der Waals surface area (Å²) in [4.78, 5) is 95.0. The Labute approximate surface area is 331 Å². The first-order valence-corrected chi connectivity index (χ1v) is 19.1. The van der Waals surface area contributed by atoms with Crippen molar-refractivity contribution in [2.45, 2.75) is 116 Å². The van der Waals surface area contributed by atoms with Gasteiger partial charge in [-0.2, -0.15) is 0 Å². The average Bonchev–Trinajstić information content (AvgIpc) is 3.62. The van der Waals surface area contributed by atoms with Crippen molar-refractivity contribution in [2.24, 2.45) is 22.4 Å². The number of benzene rings is 1. The molecule has 1 saturated heterocycles. The highest BCUT2D eigenvalue weighted by Gasteiger charge is 2.34. The molecule has 0 saturated carbocycles. The molecule has 0 radical (unpaired) electrons. The highest BCUT2D eigenvalue weighted by Crippen LogP contribution is 2.15. The first-order chi connectivity index (χ1) is 27.0. The Balaban J connectivity index is 1.73. The summed E-state index contributed by atoms with van der Waals surface area (Å²) in [6.07, 6.45) is 4.01. The quantitative estimate of drug-likeness (QED) is 0.0551. The van der Waals surface area contributed by atoms with Gasteiger partial charge >= 0.3 is 5.97 Å². The van der Waals surface area contributed by atoms with Gasteiger partial charge in [0.2, 0.25) is 35.4 Å². The van der Waals surface area contributed by atoms with Crippen molar-refractivity contribution in [1.29, 1.82) is 0 Å². The van der Waals surface area contributed by atoms with Crippen molar-refractivity contribution >= 4 is 53.1 Å². The number of carbonyl (C=O) groups excluding carboxylic acids is 6. The smallest absolute Gasteiger partial charge is 0.305 e. The fraction of sp³-hybridized carbons (Fsp3) is 0.568. The van der Waals surface area contributed by atoms with Crippen LogP contribution in [0.2, 0.25) is 0 Å². The molecule has 2 heterocycles. The molecule has 6 amide bonds. The molecule has 1 aromatic heterocycles. The van der Waals surface area contributed by atoms with Gasteiger partial charge in [0.1, 0.15) is 24.2 Å². The number of nitrogens with one attached hydrogen (secondary N) is 6. The third-order valence-electron chi connectivity index (χ3n) is 9.03. The van der Waals surface area contributed by atoms with E-state index >= 15 is 0 Å². The molecule has 312 valence electrons. The number of rotatable bonds is 17. The number of unbranched alkanes of at least 4 members (excludes halogenated alkanes) is 2. The number of nitrogens with zero attached hydrogens (tertiary/aromatic N) is 4. The maximum Gasteiger partial charge on any atom is 0.305 e. The molecule has 2 aromatic rings. The number of carbonyl (C=O) groups is 7. The molecule has 20 nitrogen and oxygen atoms in total. The Kier molecular flexibility index (Phi) is 17.9. The zero-order valence-electron chi connectivity index (χ0n) is 32.9. The number of hydrogen-bond donors (Lipinski definition) is 9. The molecule has 0 unspecified atom stereocenters. The lowest BCUT2D eigenvalue weighted by Gasteiger charge is -2.27. The number of aryl methyl sites for hydroxylation is 1. The Morgan fingerprint density at radius 3 is 2.19 bits per heavy atom. The fourth-order valence-corrected chi connectivity index (χ4v) is 5.83. The second-order valence-electron chi connectivity index (χ2n) is 14.6. The predicted molar refractivity (Wildman–Crippen MR) is 209 cm³/mol. The molecule has 0 bridgehead atoms. The Morgan fingerprint density at radius 2 is 1.56 bits per heavy atom. The minimum Gasteiger partial charge on any atom is -0.481 e. The van der Waals surface area contributed by atoms with E-state index in [1.54, 1.807) is 42.8 Å². The molecule has 1 aliphatic heterocycles. The van der Waals surface area contributed by atoms with Gasteiger partial charge < -0.3 is 48.5 Å². The van der Waals surface area contributed by atoms with Crippen molar-refractivity contribution in [2.75, 3.05) is 18.4 Å². The van der Waals surface area contributed by atoms with Crippen molar-refractivity contribution in [3.8, 4) is 0 Å². The summed E-state index contributed by atoms with van der Waals surface area (Å²) in [7, 11) is 0. The van der Waals surface area contributed by atoms with E-state index in [9.17, 15) is 38.7 Å². The lowest BCUT2D eigenvalue weighted by atomic mass is 9.99. The number of nitrogens with two attached hydrogens (primary N) is 2. The van der Waals surface area contributed by atoms with Crippen LogP contribution in [0.15, 0.2) is 35.5 Å². The molecule has 0 spiro atoms. The number of guanidine groups is 1. The molecule has 4 atom stereocenters. The first-order valence-electron chi connectivity index (χ1n) is 19.1. The molecule has 0 aliphatic carbocycles. The summed E-state index contributed by atoms with van der Waals surface area (Å²) >= 11 is 0. The summed E-state index contributed by atoms with van der Waals surface area (Å²) in [5.74, 6) is -5.96. The van der Waals surface area contributed by atoms with Gasteiger partial charge in [-0.05, 0) is 55.2 Å². The van der Waals surface area contributed by atoms with Gasteiger partial charge in [-0.25, -0.2) is 0 Å². The lowest BCUT2D eigenvalue weighted by Crippen LogP contribution is -2.59. The maximum absolute atomic E-state index is 13.9. The van der Waals surface area contributed by atoms with Gasteiger partial charge in [0.25, 0.3) is 0 Å². The first kappa shape index (κ1) is 45.3. The third-order valence-corrected chi connectivity index (χ3v) is 9.03. The number of amides is 6. The van der Waals surface area contributed by atoms with Gasteiger partial charge in [0.05, 0.1) is 18.7 Å². The van der Waals surface area contributed by atoms with Crippen LogP contribution in [0, 0.1) is 5.92 Å². The summed E-state index contributed by atoms with van der Waals surface area (Å²) in [6.45, 7) is 7.70. The van der Waals surface area contributed by atoms with Crippen LogP contribution >= 0.6 is 0 Å². The Morgan fingerprint density at radius 1 is 0.877 bits per heavy atom. The number of carboxylic acid groups (broad SMARTS) is 1. The second kappa shape index (κ2) is 22.5. The lowest BCUT2D eigenvalue weighted by molar-refractivity contribution is -0.141. The van der Waals surface area contributed by atoms with Crippen molar-refractivity contribution in [3.05, 3.63) is 41.7 Å². The standard InChI is InChI=1S/C37H56N12O8/c1-21(2)28-20-49(48-47-28)16-7-5-6-10-29(50)42-24-13-11-23(12-14-24)17-26-35(56)46-32(22(3)4)36(57)44-25(9-8-15-40-37(38)39)33(54)41-19-30(51)43-27(18-31(52)53)34(55)45-26/h11-14,20-22,25-27,32H,5-10,15-19H2,1-4H3,(H,41,54)(H,42,50)(H,43,51)(H,44,57)(H,45,55)(H,46,56)(H,52,53)(H4,38,39,40)/t25-,26+,27-,32-/m0/s1. The van der Waals surface area contributed by atoms with Gasteiger partial charge in [0, 0.05) is 37.8 Å². The van der Waals surface area contributed by atoms with E-state index in [0.717, 1.165) is 18.5 Å². The van der Waals surface area contributed by atoms with E-state index in [-0.39, 0.29) is 37.7 Å². The van der Waals surface area contributed by atoms with Crippen LogP contribution in [-0.4, -0.2) is 105 Å². The van der Waals surface area contributed by atoms with Crippen LogP contribution in [0.1, 0.15) is 89.8 Å². The molecular weight excluding hydrogens is 740 g/mol. The van der Waals surface area contributed by atoms with Gasteiger partial charge in [-0.1, -0.05) is 51.5 Å². The van der Waals surface area contributed by atoms with E-state index in [2.05, 4.69) is 61.1 Å². The van der Waals surface area contributed by atoms with E-state index in [1.165, 1.54) is 0 Å². The molecular formula is C37H56N12O8. The highest BCUT2D eigenvalue weighted by molar-refractivity contribution is 5.98. The minimum atomic E-state index is -1.61. The minimum absolute atomic E-state index is 0.0691. The van der Waals surface area contributed by atoms with Gasteiger partial charge in [-0.15, -0.1) is 5.10 Å². The zero-order chi connectivity index (χ0) is 42.1. The topological polar surface area (TPSA) is 307 Å². The van der Waals surface area contributed by atoms with Crippen molar-refractivity contribution in [1.82, 2.24) is 41.6 Å². The Hall–Kier alpha value is -6.08. The number of aromatic nitrogens is 3. The normalized spacial score (nSPS) is 19.6. The molecule has 1 fully saturated rings. The van der Waals surface area contributed by atoms with Crippen LogP contribution in [0.3, 0.4) is 0 Å². The van der Waals surface area contributed by atoms with Crippen molar-refractivity contribution < 1.29 is 38.7 Å². The summed E-state index contributed by atoms with van der Waals surface area (Å²) in [5, 5.41) is 33.2. The number of anilines is 1. The van der Waals surface area contributed by atoms with Gasteiger partial charge in [0.15, 0.2) is 5.96 Å². The SMILES string of the molecule is CC(C)c1cn(CCCCCC(=O)Nc2ccc(C[C@H]3NC(=O)[C@H](CC(=O)O)NC(=O)CNC(=O)[C@H](CCCN=C(N)N)NC(=O)[C@H](C(C)C)NC3=O)cc2)nn1. The molecule has 1 aliphatic rings. The number of carboxylic acids is 1. The van der Waals surface area contributed by atoms with Crippen LogP contribution in [-0.2, 0) is 46.5 Å². The van der Waals surface area contributed by atoms with Crippen LogP contribution in [0.25, 0.3) is 0 Å². The van der Waals surface area contributed by atoms with E-state index < -0.39 is 78.6 Å². The van der Waals surface area contributed by atoms with Gasteiger partial charge in [-0.3, -0.25) is 43.2 Å². The predicted octanol–water partition coefficient (Wildman–Crippen LogP) is -0.604. The summed E-state index contributed by atoms with van der Waals surface area (Å²) < 4.78 is 1.81. The summed E-state index contributed by atoms with van der Waals surface area (Å²) in [6, 6.07) is 1.33. The van der Waals surface area contributed by atoms with E-state index in [0.29, 0.717) is 36.6 Å². The fourth-order valence-electron chi connectivity index (χ4n) is 5.83. The third kappa shape index (κ3) is 15.9. The molecule has 20 heteroatoms. The largest absolute Gasteiger partial charge is 0.481 e. The van der Waals surface area contributed by atoms with Crippen LogP contribution in [0.4, 0.5) is 5.69 Å². The van der Waals surface area contributed by atoms with Crippen LogP contribution < -0.4 is 43.4 Å². The summed E-state index contributed by atoms with van der Waals surface area (Å²) in [5.41, 5.74) is 12.8. The zero-order valence-corrected chi connectivity index (χ0v) is 32.9.